The van der Waals surface area contributed by atoms with Gasteiger partial charge in [-0.3, -0.25) is 4.98 Å². The molecular weight excluding hydrogens is 370 g/mol. The fourth-order valence-electron chi connectivity index (χ4n) is 2.91. The minimum absolute atomic E-state index is 0.332. The number of pyridine rings is 2. The van der Waals surface area contributed by atoms with Crippen LogP contribution in [0, 0.1) is 0 Å². The van der Waals surface area contributed by atoms with Crippen LogP contribution in [0.15, 0.2) is 49.2 Å². The zero-order valence-electron chi connectivity index (χ0n) is 13.2. The predicted molar refractivity (Wildman–Crippen MR) is 102 cm³/mol. The van der Waals surface area contributed by atoms with Crippen molar-refractivity contribution in [3.05, 3.63) is 53.5 Å². The van der Waals surface area contributed by atoms with E-state index in [0.717, 1.165) is 21.7 Å². The van der Waals surface area contributed by atoms with Crippen LogP contribution in [0.2, 0.25) is 4.34 Å². The van der Waals surface area contributed by atoms with Crippen LogP contribution in [0.5, 0.6) is 0 Å². The number of thiophene rings is 1. The molecular formula is C17H10ClN7S. The normalized spacial score (nSPS) is 11.4. The number of rotatable bonds is 2. The van der Waals surface area contributed by atoms with Crippen molar-refractivity contribution in [2.24, 2.45) is 0 Å². The number of nitrogen functional groups attached to an aromatic ring is 1. The van der Waals surface area contributed by atoms with Crippen LogP contribution in [-0.4, -0.2) is 29.5 Å². The van der Waals surface area contributed by atoms with E-state index in [9.17, 15) is 0 Å². The minimum Gasteiger partial charge on any atom is -0.382 e. The standard InChI is InChI=1S/C17H10ClN7S/c18-11-3-2-10(26-11)14-13(9-1-4-12-22-8-23-25(12)7-9)15-16(17(19)24-14)21-6-5-20-15/h1-8H,(H2,19,24). The molecule has 5 heterocycles. The summed E-state index contributed by atoms with van der Waals surface area (Å²) in [6, 6.07) is 7.62. The Kier molecular flexibility index (Phi) is 3.34. The highest BCUT2D eigenvalue weighted by molar-refractivity contribution is 7.19. The first-order chi connectivity index (χ1) is 12.7. The molecule has 9 heteroatoms. The molecule has 26 heavy (non-hydrogen) atoms. The molecule has 0 unspecified atom stereocenters. The lowest BCUT2D eigenvalue weighted by Crippen LogP contribution is -2.01. The summed E-state index contributed by atoms with van der Waals surface area (Å²) < 4.78 is 2.39. The number of aromatic nitrogens is 6. The number of hydrogen-bond acceptors (Lipinski definition) is 7. The first kappa shape index (κ1) is 15.2. The van der Waals surface area contributed by atoms with E-state index < -0.39 is 0 Å². The van der Waals surface area contributed by atoms with Crippen molar-refractivity contribution in [3.8, 4) is 21.7 Å². The molecule has 0 radical (unpaired) electrons. The van der Waals surface area contributed by atoms with Gasteiger partial charge in [0.05, 0.1) is 14.9 Å². The van der Waals surface area contributed by atoms with Crippen molar-refractivity contribution in [2.75, 3.05) is 5.73 Å². The van der Waals surface area contributed by atoms with Gasteiger partial charge >= 0.3 is 0 Å². The van der Waals surface area contributed by atoms with Crippen LogP contribution in [0.1, 0.15) is 0 Å². The molecule has 2 N–H and O–H groups in total. The predicted octanol–water partition coefficient (Wildman–Crippen LogP) is 3.70. The van der Waals surface area contributed by atoms with Crippen molar-refractivity contribution >= 4 is 45.4 Å². The summed E-state index contributed by atoms with van der Waals surface area (Å²) >= 11 is 7.58. The largest absolute Gasteiger partial charge is 0.382 e. The van der Waals surface area contributed by atoms with Crippen LogP contribution in [-0.2, 0) is 0 Å². The third-order valence-electron chi connectivity index (χ3n) is 4.02. The molecule has 5 aromatic rings. The van der Waals surface area contributed by atoms with Gasteiger partial charge in [-0.2, -0.15) is 5.10 Å². The summed E-state index contributed by atoms with van der Waals surface area (Å²) in [6.07, 6.45) is 6.65. The molecule has 0 atom stereocenters. The second kappa shape index (κ2) is 5.72. The van der Waals surface area contributed by atoms with E-state index in [2.05, 4.69) is 25.0 Å². The zero-order chi connectivity index (χ0) is 17.7. The van der Waals surface area contributed by atoms with Crippen LogP contribution >= 0.6 is 22.9 Å². The van der Waals surface area contributed by atoms with Gasteiger partial charge in [0.2, 0.25) is 0 Å². The van der Waals surface area contributed by atoms with Gasteiger partial charge in [-0.15, -0.1) is 11.3 Å². The highest BCUT2D eigenvalue weighted by Crippen LogP contribution is 2.40. The second-order valence-electron chi connectivity index (χ2n) is 5.56. The summed E-state index contributed by atoms with van der Waals surface area (Å²) in [4.78, 5) is 18.6. The van der Waals surface area contributed by atoms with Crippen molar-refractivity contribution in [1.29, 1.82) is 0 Å². The Balaban J connectivity index is 1.90. The fraction of sp³-hybridized carbons (Fsp3) is 0. The molecule has 0 saturated heterocycles. The maximum atomic E-state index is 6.15. The first-order valence-corrected chi connectivity index (χ1v) is 8.86. The van der Waals surface area contributed by atoms with E-state index in [4.69, 9.17) is 17.3 Å². The summed E-state index contributed by atoms with van der Waals surface area (Å²) in [5, 5.41) is 4.21. The Bertz CT molecular complexity index is 1280. The summed E-state index contributed by atoms with van der Waals surface area (Å²) in [7, 11) is 0. The minimum atomic E-state index is 0.332. The molecule has 126 valence electrons. The summed E-state index contributed by atoms with van der Waals surface area (Å²) in [6.45, 7) is 0. The SMILES string of the molecule is Nc1nc(-c2ccc(Cl)s2)c(-c2ccc3ncnn3c2)c2nccnc12. The number of anilines is 1. The van der Waals surface area contributed by atoms with Crippen LogP contribution in [0.25, 0.3) is 38.4 Å². The van der Waals surface area contributed by atoms with Gasteiger partial charge in [0.25, 0.3) is 0 Å². The molecule has 0 amide bonds. The lowest BCUT2D eigenvalue weighted by Gasteiger charge is -2.12. The Labute approximate surface area is 156 Å². The number of hydrogen-bond donors (Lipinski definition) is 1. The van der Waals surface area contributed by atoms with E-state index in [0.29, 0.717) is 26.9 Å². The van der Waals surface area contributed by atoms with E-state index in [-0.39, 0.29) is 0 Å². The topological polar surface area (TPSA) is 94.9 Å². The average molecular weight is 380 g/mol. The molecule has 5 aromatic heterocycles. The Morgan fingerprint density at radius 1 is 1.00 bits per heavy atom. The molecule has 0 aliphatic heterocycles. The Hall–Kier alpha value is -3.10. The maximum absolute atomic E-state index is 6.15. The van der Waals surface area contributed by atoms with Crippen molar-refractivity contribution in [3.63, 3.8) is 0 Å². The lowest BCUT2D eigenvalue weighted by atomic mass is 10.0. The lowest BCUT2D eigenvalue weighted by molar-refractivity contribution is 0.963. The molecule has 0 aliphatic carbocycles. The molecule has 0 aliphatic rings. The zero-order valence-corrected chi connectivity index (χ0v) is 14.7. The summed E-state index contributed by atoms with van der Waals surface area (Å²) in [5.41, 5.74) is 10.6. The van der Waals surface area contributed by atoms with Crippen LogP contribution < -0.4 is 5.73 Å². The molecule has 0 bridgehead atoms. The third-order valence-corrected chi connectivity index (χ3v) is 5.25. The Morgan fingerprint density at radius 2 is 1.85 bits per heavy atom. The first-order valence-electron chi connectivity index (χ1n) is 7.66. The van der Waals surface area contributed by atoms with E-state index >= 15 is 0 Å². The fourth-order valence-corrected chi connectivity index (χ4v) is 3.95. The van der Waals surface area contributed by atoms with Gasteiger partial charge in [-0.05, 0) is 24.3 Å². The van der Waals surface area contributed by atoms with Crippen LogP contribution in [0.3, 0.4) is 0 Å². The molecule has 7 nitrogen and oxygen atoms in total. The van der Waals surface area contributed by atoms with Crippen LogP contribution in [0.4, 0.5) is 5.82 Å². The number of nitrogens with zero attached hydrogens (tertiary/aromatic N) is 6. The third kappa shape index (κ3) is 2.31. The number of fused-ring (bicyclic) bond motifs is 2. The van der Waals surface area contributed by atoms with Gasteiger partial charge < -0.3 is 5.73 Å². The average Bonchev–Trinajstić information content (AvgIpc) is 3.30. The van der Waals surface area contributed by atoms with Gasteiger partial charge in [-0.1, -0.05) is 11.6 Å². The van der Waals surface area contributed by atoms with Gasteiger partial charge in [0, 0.05) is 29.7 Å². The van der Waals surface area contributed by atoms with E-state index in [1.807, 2.05) is 30.5 Å². The van der Waals surface area contributed by atoms with Crippen molar-refractivity contribution in [2.45, 2.75) is 0 Å². The monoisotopic (exact) mass is 379 g/mol. The maximum Gasteiger partial charge on any atom is 0.155 e. The molecule has 0 saturated carbocycles. The van der Waals surface area contributed by atoms with Crippen molar-refractivity contribution in [1.82, 2.24) is 29.5 Å². The van der Waals surface area contributed by atoms with E-state index in [1.165, 1.54) is 17.7 Å². The highest BCUT2D eigenvalue weighted by Gasteiger charge is 2.19. The second-order valence-corrected chi connectivity index (χ2v) is 7.27. The van der Waals surface area contributed by atoms with Gasteiger partial charge in [0.1, 0.15) is 17.4 Å². The molecule has 5 rings (SSSR count). The van der Waals surface area contributed by atoms with E-state index in [1.54, 1.807) is 16.9 Å². The summed E-state index contributed by atoms with van der Waals surface area (Å²) in [5.74, 6) is 0.332. The molecule has 0 aromatic carbocycles. The van der Waals surface area contributed by atoms with Crippen molar-refractivity contribution < 1.29 is 0 Å². The molecule has 0 fully saturated rings. The number of nitrogens with two attached hydrogens (primary N) is 1. The van der Waals surface area contributed by atoms with Gasteiger partial charge in [0.15, 0.2) is 11.5 Å². The highest BCUT2D eigenvalue weighted by atomic mass is 35.5. The quantitative estimate of drug-likeness (QED) is 0.502. The number of halogens is 1. The smallest absolute Gasteiger partial charge is 0.155 e. The Morgan fingerprint density at radius 3 is 2.65 bits per heavy atom. The van der Waals surface area contributed by atoms with Gasteiger partial charge in [-0.25, -0.2) is 19.5 Å². The molecule has 0 spiro atoms.